The summed E-state index contributed by atoms with van der Waals surface area (Å²) in [6.45, 7) is 0. The van der Waals surface area contributed by atoms with Gasteiger partial charge >= 0.3 is 5.97 Å². The topological polar surface area (TPSA) is 96.4 Å². The second-order valence-electron chi connectivity index (χ2n) is 3.37. The minimum absolute atomic E-state index is 0.104. The van der Waals surface area contributed by atoms with Crippen molar-refractivity contribution in [3.63, 3.8) is 0 Å². The Balaban J connectivity index is 2.29. The van der Waals surface area contributed by atoms with E-state index >= 15 is 0 Å². The van der Waals surface area contributed by atoms with E-state index in [-0.39, 0.29) is 14.9 Å². The van der Waals surface area contributed by atoms with Crippen molar-refractivity contribution >= 4 is 33.1 Å². The van der Waals surface area contributed by atoms with Crippen LogP contribution in [0.5, 0.6) is 0 Å². The summed E-state index contributed by atoms with van der Waals surface area (Å²) >= 11 is 0.600. The first kappa shape index (κ1) is 13.4. The number of anilines is 1. The molecule has 0 fully saturated rings. The molecule has 0 radical (unpaired) electrons. The average Bonchev–Trinajstić information content (AvgIpc) is 2.78. The van der Waals surface area contributed by atoms with Gasteiger partial charge < -0.3 is 5.11 Å². The smallest absolute Gasteiger partial charge is 0.345 e. The van der Waals surface area contributed by atoms with E-state index in [0.29, 0.717) is 11.3 Å². The fourth-order valence-electron chi connectivity index (χ4n) is 1.23. The van der Waals surface area contributed by atoms with E-state index in [2.05, 4.69) is 9.71 Å². The average molecular weight is 302 g/mol. The van der Waals surface area contributed by atoms with Crippen LogP contribution in [-0.4, -0.2) is 24.5 Å². The molecule has 2 aromatic heterocycles. The predicted molar refractivity (Wildman–Crippen MR) is 66.3 cm³/mol. The van der Waals surface area contributed by atoms with Gasteiger partial charge in [-0.15, -0.1) is 11.3 Å². The molecular weight excluding hydrogens is 295 g/mol. The predicted octanol–water partition coefficient (Wildman–Crippen LogP) is 1.78. The Labute approximate surface area is 111 Å². The Hall–Kier alpha value is -2.00. The summed E-state index contributed by atoms with van der Waals surface area (Å²) in [6, 6.07) is 6.01. The number of carboxylic acids is 1. The van der Waals surface area contributed by atoms with Crippen LogP contribution < -0.4 is 4.72 Å². The monoisotopic (exact) mass is 302 g/mol. The van der Waals surface area contributed by atoms with Crippen LogP contribution >= 0.6 is 11.3 Å². The van der Waals surface area contributed by atoms with Gasteiger partial charge in [-0.25, -0.2) is 18.2 Å². The number of nitrogens with zero attached hydrogens (tertiary/aromatic N) is 1. The van der Waals surface area contributed by atoms with Crippen LogP contribution in [0.4, 0.5) is 10.2 Å². The molecule has 0 saturated carbocycles. The van der Waals surface area contributed by atoms with Gasteiger partial charge in [0.25, 0.3) is 10.0 Å². The highest BCUT2D eigenvalue weighted by Crippen LogP contribution is 2.23. The van der Waals surface area contributed by atoms with Gasteiger partial charge in [0.1, 0.15) is 14.9 Å². The van der Waals surface area contributed by atoms with Gasteiger partial charge in [0.2, 0.25) is 5.95 Å². The number of aromatic carboxylic acids is 1. The maximum absolute atomic E-state index is 12.8. The molecular formula is C10H7FN2O4S2. The van der Waals surface area contributed by atoms with Crippen molar-refractivity contribution in [2.45, 2.75) is 4.21 Å². The summed E-state index contributed by atoms with van der Waals surface area (Å²) in [5.41, 5.74) is 0. The van der Waals surface area contributed by atoms with Gasteiger partial charge in [-0.1, -0.05) is 6.07 Å². The molecule has 0 aliphatic rings. The van der Waals surface area contributed by atoms with Gasteiger partial charge in [0, 0.05) is 0 Å². The maximum atomic E-state index is 12.8. The number of carbonyl (C=O) groups is 1. The molecule has 0 aliphatic carbocycles. The highest BCUT2D eigenvalue weighted by Gasteiger charge is 2.19. The lowest BCUT2D eigenvalue weighted by Crippen LogP contribution is -2.12. The van der Waals surface area contributed by atoms with Crippen LogP contribution in [0.3, 0.4) is 0 Å². The zero-order valence-corrected chi connectivity index (χ0v) is 10.8. The molecule has 0 unspecified atom stereocenters. The molecule has 0 saturated heterocycles. The largest absolute Gasteiger partial charge is 0.477 e. The van der Waals surface area contributed by atoms with Crippen LogP contribution in [-0.2, 0) is 10.0 Å². The lowest BCUT2D eigenvalue weighted by Gasteiger charge is -2.04. The Morgan fingerprint density at radius 1 is 1.32 bits per heavy atom. The third-order valence-electron chi connectivity index (χ3n) is 2.01. The maximum Gasteiger partial charge on any atom is 0.345 e. The molecule has 0 atom stereocenters. The third-order valence-corrected chi connectivity index (χ3v) is 4.93. The van der Waals surface area contributed by atoms with Gasteiger partial charge in [0.05, 0.1) is 0 Å². The molecule has 2 rings (SSSR count). The molecule has 19 heavy (non-hydrogen) atoms. The van der Waals surface area contributed by atoms with Crippen molar-refractivity contribution in [2.75, 3.05) is 4.72 Å². The van der Waals surface area contributed by atoms with Crippen molar-refractivity contribution < 1.29 is 22.7 Å². The summed E-state index contributed by atoms with van der Waals surface area (Å²) in [7, 11) is -3.97. The van der Waals surface area contributed by atoms with E-state index < -0.39 is 21.9 Å². The van der Waals surface area contributed by atoms with E-state index in [9.17, 15) is 17.6 Å². The number of pyridine rings is 1. The lowest BCUT2D eigenvalue weighted by molar-refractivity contribution is 0.0702. The fraction of sp³-hybridized carbons (Fsp3) is 0. The molecule has 0 spiro atoms. The molecule has 2 aromatic rings. The molecule has 100 valence electrons. The highest BCUT2D eigenvalue weighted by molar-refractivity contribution is 7.94. The first-order valence-electron chi connectivity index (χ1n) is 4.87. The number of hydrogen-bond acceptors (Lipinski definition) is 5. The van der Waals surface area contributed by atoms with E-state index in [0.717, 1.165) is 12.1 Å². The summed E-state index contributed by atoms with van der Waals surface area (Å²) in [5, 5.41) is 8.72. The van der Waals surface area contributed by atoms with E-state index in [4.69, 9.17) is 5.11 Å². The normalized spacial score (nSPS) is 11.2. The van der Waals surface area contributed by atoms with Crippen LogP contribution in [0, 0.1) is 5.95 Å². The van der Waals surface area contributed by atoms with E-state index in [1.54, 1.807) is 0 Å². The summed E-state index contributed by atoms with van der Waals surface area (Å²) in [4.78, 5) is 13.9. The number of hydrogen-bond donors (Lipinski definition) is 2. The first-order valence-corrected chi connectivity index (χ1v) is 7.17. The van der Waals surface area contributed by atoms with Crippen LogP contribution in [0.25, 0.3) is 0 Å². The second-order valence-corrected chi connectivity index (χ2v) is 6.37. The number of nitrogens with one attached hydrogen (secondary N) is 1. The minimum Gasteiger partial charge on any atom is -0.477 e. The third kappa shape index (κ3) is 3.06. The molecule has 2 heterocycles. The molecule has 0 bridgehead atoms. The van der Waals surface area contributed by atoms with Crippen LogP contribution in [0.2, 0.25) is 0 Å². The number of aromatic nitrogens is 1. The zero-order valence-electron chi connectivity index (χ0n) is 9.20. The molecule has 0 aromatic carbocycles. The van der Waals surface area contributed by atoms with Gasteiger partial charge in [-0.05, 0) is 24.3 Å². The number of sulfonamides is 1. The number of rotatable bonds is 4. The summed E-state index contributed by atoms with van der Waals surface area (Å²) in [5.74, 6) is -2.21. The van der Waals surface area contributed by atoms with Gasteiger partial charge in [0.15, 0.2) is 0 Å². The molecule has 6 nitrogen and oxygen atoms in total. The molecule has 2 N–H and O–H groups in total. The Kier molecular flexibility index (Phi) is 3.49. The fourth-order valence-corrected chi connectivity index (χ4v) is 3.38. The van der Waals surface area contributed by atoms with Crippen molar-refractivity contribution in [1.29, 1.82) is 0 Å². The zero-order chi connectivity index (χ0) is 14.0. The SMILES string of the molecule is O=C(O)c1ccc(S(=O)(=O)Nc2cccc(F)n2)s1. The second kappa shape index (κ2) is 4.94. The van der Waals surface area contributed by atoms with Crippen LogP contribution in [0.15, 0.2) is 34.5 Å². The van der Waals surface area contributed by atoms with E-state index in [1.807, 2.05) is 0 Å². The lowest BCUT2D eigenvalue weighted by atomic mass is 10.5. The van der Waals surface area contributed by atoms with Crippen molar-refractivity contribution in [3.05, 3.63) is 41.2 Å². The summed E-state index contributed by atoms with van der Waals surface area (Å²) < 4.78 is 38.5. The Bertz CT molecular complexity index is 727. The number of carboxylic acid groups (broad SMARTS) is 1. The Morgan fingerprint density at radius 3 is 2.63 bits per heavy atom. The summed E-state index contributed by atoms with van der Waals surface area (Å²) in [6.07, 6.45) is 0. The van der Waals surface area contributed by atoms with Crippen molar-refractivity contribution in [1.82, 2.24) is 4.98 Å². The quantitative estimate of drug-likeness (QED) is 0.839. The van der Waals surface area contributed by atoms with E-state index in [1.165, 1.54) is 18.2 Å². The van der Waals surface area contributed by atoms with Crippen LogP contribution in [0.1, 0.15) is 9.67 Å². The number of thiophene rings is 1. The van der Waals surface area contributed by atoms with Crippen molar-refractivity contribution in [3.8, 4) is 0 Å². The first-order chi connectivity index (χ1) is 8.88. The van der Waals surface area contributed by atoms with Gasteiger partial charge in [-0.3, -0.25) is 4.72 Å². The molecule has 0 aliphatic heterocycles. The Morgan fingerprint density at radius 2 is 2.05 bits per heavy atom. The minimum atomic E-state index is -3.97. The number of halogens is 1. The molecule has 9 heteroatoms. The van der Waals surface area contributed by atoms with Gasteiger partial charge in [-0.2, -0.15) is 4.39 Å². The highest BCUT2D eigenvalue weighted by atomic mass is 32.2. The van der Waals surface area contributed by atoms with Crippen molar-refractivity contribution in [2.24, 2.45) is 0 Å². The molecule has 0 amide bonds. The standard InChI is InChI=1S/C10H7FN2O4S2/c11-7-2-1-3-8(12-7)13-19(16,17)9-5-4-6(18-9)10(14)15/h1-5H,(H,12,13)(H,14,15).